The predicted molar refractivity (Wildman–Crippen MR) is 58.0 cm³/mol. The molecule has 0 saturated heterocycles. The molecule has 0 heterocycles. The van der Waals surface area contributed by atoms with Crippen LogP contribution in [0.15, 0.2) is 23.1 Å². The molecule has 0 atom stereocenters. The molecule has 0 spiro atoms. The van der Waals surface area contributed by atoms with Gasteiger partial charge in [0.05, 0.1) is 17.8 Å². The Hall–Kier alpha value is -1.63. The minimum atomic E-state index is -3.79. The van der Waals surface area contributed by atoms with Crippen molar-refractivity contribution in [1.82, 2.24) is 0 Å². The van der Waals surface area contributed by atoms with Gasteiger partial charge < -0.3 is 9.84 Å². The maximum atomic E-state index is 12.1. The molecule has 17 heavy (non-hydrogen) atoms. The average molecular weight is 262 g/mol. The quantitative estimate of drug-likeness (QED) is 0.860. The fraction of sp³-hybridized carbons (Fsp3) is 0.300. The van der Waals surface area contributed by atoms with E-state index in [9.17, 15) is 17.6 Å². The van der Waals surface area contributed by atoms with Crippen LogP contribution in [-0.4, -0.2) is 39.0 Å². The second-order valence-corrected chi connectivity index (χ2v) is 5.28. The molecule has 0 aliphatic heterocycles. The van der Waals surface area contributed by atoms with E-state index in [1.165, 1.54) is 19.2 Å². The van der Waals surface area contributed by atoms with E-state index < -0.39 is 28.2 Å². The summed E-state index contributed by atoms with van der Waals surface area (Å²) in [6, 6.07) is 3.39. The van der Waals surface area contributed by atoms with Crippen LogP contribution < -0.4 is 4.74 Å². The van der Waals surface area contributed by atoms with Crippen molar-refractivity contribution in [1.29, 1.82) is 0 Å². The maximum absolute atomic E-state index is 12.1. The SMILES string of the molecule is COc1ccc(S(=O)(=O)CCF)cc1C(=O)O. The van der Waals surface area contributed by atoms with Crippen molar-refractivity contribution in [2.45, 2.75) is 4.90 Å². The summed E-state index contributed by atoms with van der Waals surface area (Å²) < 4.78 is 39.9. The van der Waals surface area contributed by atoms with E-state index in [0.717, 1.165) is 6.07 Å². The van der Waals surface area contributed by atoms with Crippen LogP contribution in [0.5, 0.6) is 5.75 Å². The Labute approximate surface area is 97.8 Å². The van der Waals surface area contributed by atoms with Gasteiger partial charge in [0.1, 0.15) is 18.0 Å². The smallest absolute Gasteiger partial charge is 0.339 e. The average Bonchev–Trinajstić information content (AvgIpc) is 2.28. The molecule has 94 valence electrons. The third-order valence-electron chi connectivity index (χ3n) is 2.11. The van der Waals surface area contributed by atoms with Gasteiger partial charge in [-0.15, -0.1) is 0 Å². The third-order valence-corrected chi connectivity index (χ3v) is 3.77. The number of carbonyl (C=O) groups is 1. The van der Waals surface area contributed by atoms with E-state index in [4.69, 9.17) is 9.84 Å². The molecule has 0 amide bonds. The highest BCUT2D eigenvalue weighted by Gasteiger charge is 2.19. The maximum Gasteiger partial charge on any atom is 0.339 e. The zero-order chi connectivity index (χ0) is 13.1. The van der Waals surface area contributed by atoms with Crippen molar-refractivity contribution >= 4 is 15.8 Å². The van der Waals surface area contributed by atoms with Crippen molar-refractivity contribution in [3.05, 3.63) is 23.8 Å². The minimum Gasteiger partial charge on any atom is -0.496 e. The Morgan fingerprint density at radius 3 is 2.59 bits per heavy atom. The fourth-order valence-electron chi connectivity index (χ4n) is 1.27. The van der Waals surface area contributed by atoms with Crippen LogP contribution in [0.1, 0.15) is 10.4 Å². The molecule has 0 fully saturated rings. The van der Waals surface area contributed by atoms with E-state index in [1.54, 1.807) is 0 Å². The second-order valence-electron chi connectivity index (χ2n) is 3.18. The van der Waals surface area contributed by atoms with Gasteiger partial charge in [0, 0.05) is 0 Å². The summed E-state index contributed by atoms with van der Waals surface area (Å²) in [5.74, 6) is -1.92. The topological polar surface area (TPSA) is 80.7 Å². The summed E-state index contributed by atoms with van der Waals surface area (Å²) >= 11 is 0. The van der Waals surface area contributed by atoms with Gasteiger partial charge in [-0.3, -0.25) is 0 Å². The van der Waals surface area contributed by atoms with Crippen LogP contribution in [0.3, 0.4) is 0 Å². The van der Waals surface area contributed by atoms with Gasteiger partial charge in [-0.2, -0.15) is 0 Å². The Morgan fingerprint density at radius 2 is 2.12 bits per heavy atom. The number of hydrogen-bond acceptors (Lipinski definition) is 4. The Bertz CT molecular complexity index is 523. The molecule has 0 unspecified atom stereocenters. The van der Waals surface area contributed by atoms with Gasteiger partial charge in [0.15, 0.2) is 9.84 Å². The molecule has 1 aromatic carbocycles. The first-order valence-corrected chi connectivity index (χ1v) is 6.27. The number of halogens is 1. The molecule has 0 aliphatic rings. The van der Waals surface area contributed by atoms with Crippen LogP contribution in [0.25, 0.3) is 0 Å². The molecule has 0 aromatic heterocycles. The molecule has 5 nitrogen and oxygen atoms in total. The van der Waals surface area contributed by atoms with E-state index in [-0.39, 0.29) is 16.2 Å². The third kappa shape index (κ3) is 2.94. The van der Waals surface area contributed by atoms with Crippen LogP contribution in [-0.2, 0) is 9.84 Å². The molecular weight excluding hydrogens is 251 g/mol. The number of carboxylic acids is 1. The van der Waals surface area contributed by atoms with E-state index in [1.807, 2.05) is 0 Å². The summed E-state index contributed by atoms with van der Waals surface area (Å²) in [7, 11) is -2.51. The first kappa shape index (κ1) is 13.4. The summed E-state index contributed by atoms with van der Waals surface area (Å²) in [5.41, 5.74) is -0.271. The van der Waals surface area contributed by atoms with Crippen molar-refractivity contribution < 1.29 is 27.4 Å². The van der Waals surface area contributed by atoms with Crippen LogP contribution in [0.2, 0.25) is 0 Å². The monoisotopic (exact) mass is 262 g/mol. The number of rotatable bonds is 5. The number of aromatic carboxylic acids is 1. The Balaban J connectivity index is 3.31. The highest BCUT2D eigenvalue weighted by Crippen LogP contribution is 2.23. The number of sulfone groups is 1. The molecule has 7 heteroatoms. The lowest BCUT2D eigenvalue weighted by molar-refractivity contribution is 0.0693. The number of benzene rings is 1. The highest BCUT2D eigenvalue weighted by atomic mass is 32.2. The van der Waals surface area contributed by atoms with Gasteiger partial charge >= 0.3 is 5.97 Å². The minimum absolute atomic E-state index is 0.0525. The molecule has 1 aromatic rings. The fourth-order valence-corrected chi connectivity index (χ4v) is 2.28. The van der Waals surface area contributed by atoms with E-state index >= 15 is 0 Å². The van der Waals surface area contributed by atoms with Crippen LogP contribution in [0, 0.1) is 0 Å². The lowest BCUT2D eigenvalue weighted by Crippen LogP contribution is -2.10. The molecule has 0 saturated carbocycles. The highest BCUT2D eigenvalue weighted by molar-refractivity contribution is 7.91. The zero-order valence-electron chi connectivity index (χ0n) is 9.01. The summed E-state index contributed by atoms with van der Waals surface area (Å²) in [5, 5.41) is 8.87. The summed E-state index contributed by atoms with van der Waals surface area (Å²) in [6.07, 6.45) is 0. The van der Waals surface area contributed by atoms with Crippen LogP contribution >= 0.6 is 0 Å². The van der Waals surface area contributed by atoms with Gasteiger partial charge in [-0.25, -0.2) is 17.6 Å². The summed E-state index contributed by atoms with van der Waals surface area (Å²) in [6.45, 7) is -1.02. The largest absolute Gasteiger partial charge is 0.496 e. The van der Waals surface area contributed by atoms with Crippen molar-refractivity contribution in [3.63, 3.8) is 0 Å². The van der Waals surface area contributed by atoms with Crippen molar-refractivity contribution in [2.24, 2.45) is 0 Å². The van der Waals surface area contributed by atoms with Gasteiger partial charge in [-0.1, -0.05) is 0 Å². The molecule has 0 bridgehead atoms. The number of carboxylic acid groups (broad SMARTS) is 1. The first-order chi connectivity index (χ1) is 7.92. The standard InChI is InChI=1S/C10H11FO5S/c1-16-9-3-2-7(6-8(9)10(12)13)17(14,15)5-4-11/h2-3,6H,4-5H2,1H3,(H,12,13). The molecular formula is C10H11FO5S. The van der Waals surface area contributed by atoms with Gasteiger partial charge in [0.25, 0.3) is 0 Å². The Morgan fingerprint density at radius 1 is 1.47 bits per heavy atom. The lowest BCUT2D eigenvalue weighted by Gasteiger charge is -2.07. The van der Waals surface area contributed by atoms with E-state index in [0.29, 0.717) is 0 Å². The molecule has 1 rings (SSSR count). The number of hydrogen-bond donors (Lipinski definition) is 1. The molecule has 0 aliphatic carbocycles. The number of alkyl halides is 1. The van der Waals surface area contributed by atoms with Crippen LogP contribution in [0.4, 0.5) is 4.39 Å². The molecule has 0 radical (unpaired) electrons. The van der Waals surface area contributed by atoms with Crippen molar-refractivity contribution in [3.8, 4) is 5.75 Å². The normalized spacial score (nSPS) is 11.2. The lowest BCUT2D eigenvalue weighted by atomic mass is 10.2. The molecule has 1 N–H and O–H groups in total. The van der Waals surface area contributed by atoms with Gasteiger partial charge in [0.2, 0.25) is 0 Å². The first-order valence-electron chi connectivity index (χ1n) is 4.62. The van der Waals surface area contributed by atoms with Crippen molar-refractivity contribution in [2.75, 3.05) is 19.5 Å². The second kappa shape index (κ2) is 5.13. The zero-order valence-corrected chi connectivity index (χ0v) is 9.83. The summed E-state index contributed by atoms with van der Waals surface area (Å²) in [4.78, 5) is 10.6. The van der Waals surface area contributed by atoms with Gasteiger partial charge in [-0.05, 0) is 18.2 Å². The Kier molecular flexibility index (Phi) is 4.06. The number of ether oxygens (including phenoxy) is 1. The number of methoxy groups -OCH3 is 1. The van der Waals surface area contributed by atoms with E-state index in [2.05, 4.69) is 0 Å². The predicted octanol–water partition coefficient (Wildman–Crippen LogP) is 1.14.